The predicted octanol–water partition coefficient (Wildman–Crippen LogP) is 3.14. The summed E-state index contributed by atoms with van der Waals surface area (Å²) in [5, 5.41) is 2.82. The highest BCUT2D eigenvalue weighted by Gasteiger charge is 2.68. The molecule has 9 heteroatoms. The van der Waals surface area contributed by atoms with E-state index in [2.05, 4.69) is 5.32 Å². The SMILES string of the molecule is COc1ccc(CN2C(=O)C3CCCN3C2=O)cc1NC(=O)C1(C)CC1(Cl)Cl. The number of ether oxygens (including phenoxy) is 1. The van der Waals surface area contributed by atoms with E-state index >= 15 is 0 Å². The average Bonchev–Trinajstić information content (AvgIpc) is 2.98. The molecule has 2 heterocycles. The number of halogens is 2. The molecule has 2 atom stereocenters. The number of imide groups is 1. The van der Waals surface area contributed by atoms with E-state index < -0.39 is 9.75 Å². The summed E-state index contributed by atoms with van der Waals surface area (Å²) in [6.45, 7) is 2.46. The molecule has 2 saturated heterocycles. The summed E-state index contributed by atoms with van der Waals surface area (Å²) >= 11 is 12.2. The van der Waals surface area contributed by atoms with Crippen molar-refractivity contribution in [3.63, 3.8) is 0 Å². The number of rotatable bonds is 5. The van der Waals surface area contributed by atoms with Gasteiger partial charge in [-0.25, -0.2) is 4.79 Å². The third kappa shape index (κ3) is 2.92. The highest BCUT2D eigenvalue weighted by atomic mass is 35.5. The van der Waals surface area contributed by atoms with Crippen LogP contribution in [0.3, 0.4) is 0 Å². The Balaban J connectivity index is 1.53. The number of hydrogen-bond acceptors (Lipinski definition) is 4. The second kappa shape index (κ2) is 6.52. The van der Waals surface area contributed by atoms with Crippen LogP contribution in [0, 0.1) is 5.41 Å². The highest BCUT2D eigenvalue weighted by Crippen LogP contribution is 2.64. The molecule has 4 amide bonds. The molecule has 1 N–H and O–H groups in total. The number of anilines is 1. The number of benzene rings is 1. The Bertz CT molecular complexity index is 853. The number of carbonyl (C=O) groups is 3. The number of urea groups is 1. The Labute approximate surface area is 172 Å². The van der Waals surface area contributed by atoms with E-state index in [1.807, 2.05) is 0 Å². The molecule has 3 aliphatic rings. The van der Waals surface area contributed by atoms with Crippen molar-refractivity contribution in [2.45, 2.75) is 43.1 Å². The quantitative estimate of drug-likeness (QED) is 0.580. The van der Waals surface area contributed by atoms with Gasteiger partial charge in [0.1, 0.15) is 16.1 Å². The zero-order valence-electron chi connectivity index (χ0n) is 15.6. The van der Waals surface area contributed by atoms with Crippen molar-refractivity contribution in [3.8, 4) is 5.75 Å². The molecule has 28 heavy (non-hydrogen) atoms. The molecule has 1 aromatic carbocycles. The van der Waals surface area contributed by atoms with E-state index in [1.54, 1.807) is 30.0 Å². The van der Waals surface area contributed by atoms with Crippen molar-refractivity contribution in [1.29, 1.82) is 0 Å². The minimum Gasteiger partial charge on any atom is -0.495 e. The Morgan fingerprint density at radius 2 is 2.07 bits per heavy atom. The van der Waals surface area contributed by atoms with Crippen molar-refractivity contribution >= 4 is 46.7 Å². The predicted molar refractivity (Wildman–Crippen MR) is 104 cm³/mol. The van der Waals surface area contributed by atoms with Crippen molar-refractivity contribution < 1.29 is 19.1 Å². The van der Waals surface area contributed by atoms with E-state index in [1.165, 1.54) is 12.0 Å². The molecule has 0 aromatic heterocycles. The lowest BCUT2D eigenvalue weighted by Crippen LogP contribution is -2.32. The van der Waals surface area contributed by atoms with Gasteiger partial charge in [0.15, 0.2) is 0 Å². The number of nitrogens with zero attached hydrogens (tertiary/aromatic N) is 2. The molecule has 2 unspecified atom stereocenters. The number of hydrogen-bond donors (Lipinski definition) is 1. The molecule has 0 bridgehead atoms. The summed E-state index contributed by atoms with van der Waals surface area (Å²) in [4.78, 5) is 40.6. The molecule has 7 nitrogen and oxygen atoms in total. The van der Waals surface area contributed by atoms with Crippen molar-refractivity contribution in [3.05, 3.63) is 23.8 Å². The Hall–Kier alpha value is -1.99. The van der Waals surface area contributed by atoms with Gasteiger partial charge in [-0.3, -0.25) is 14.5 Å². The first kappa shape index (κ1) is 19.3. The fourth-order valence-electron chi connectivity index (χ4n) is 3.87. The largest absolute Gasteiger partial charge is 0.495 e. The van der Waals surface area contributed by atoms with Crippen LogP contribution >= 0.6 is 23.2 Å². The standard InChI is InChI=1S/C19H21Cl2N3O4/c1-18(10-19(18,20)21)16(26)22-12-8-11(5-6-14(12)28-2)9-24-15(25)13-4-3-7-23(13)17(24)27/h5-6,8,13H,3-4,7,9-10H2,1-2H3,(H,22,26). The highest BCUT2D eigenvalue weighted by molar-refractivity contribution is 6.53. The van der Waals surface area contributed by atoms with E-state index in [-0.39, 0.29) is 30.4 Å². The van der Waals surface area contributed by atoms with Gasteiger partial charge in [0.05, 0.1) is 24.8 Å². The minimum atomic E-state index is -1.08. The molecule has 4 rings (SSSR count). The summed E-state index contributed by atoms with van der Waals surface area (Å²) < 4.78 is 4.24. The summed E-state index contributed by atoms with van der Waals surface area (Å²) in [6.07, 6.45) is 1.93. The van der Waals surface area contributed by atoms with Gasteiger partial charge in [0.25, 0.3) is 5.91 Å². The molecule has 1 aliphatic carbocycles. The maximum absolute atomic E-state index is 12.6. The molecule has 0 radical (unpaired) electrons. The van der Waals surface area contributed by atoms with Crippen LogP contribution in [0.25, 0.3) is 0 Å². The van der Waals surface area contributed by atoms with Crippen LogP contribution in [0.2, 0.25) is 0 Å². The molecule has 1 aromatic rings. The molecule has 150 valence electrons. The minimum absolute atomic E-state index is 0.143. The third-order valence-electron chi connectivity index (χ3n) is 5.89. The van der Waals surface area contributed by atoms with Gasteiger partial charge in [-0.05, 0) is 43.9 Å². The maximum Gasteiger partial charge on any atom is 0.327 e. The average molecular weight is 426 g/mol. The smallest absolute Gasteiger partial charge is 0.327 e. The first-order valence-corrected chi connectivity index (χ1v) is 9.92. The molecule has 0 spiro atoms. The topological polar surface area (TPSA) is 79.0 Å². The van der Waals surface area contributed by atoms with Crippen LogP contribution in [0.5, 0.6) is 5.75 Å². The number of methoxy groups -OCH3 is 1. The molecule has 2 aliphatic heterocycles. The second-order valence-electron chi connectivity index (χ2n) is 7.76. The van der Waals surface area contributed by atoms with Crippen LogP contribution in [-0.4, -0.2) is 51.7 Å². The van der Waals surface area contributed by atoms with E-state index in [4.69, 9.17) is 27.9 Å². The normalized spacial score (nSPS) is 27.8. The lowest BCUT2D eigenvalue weighted by Gasteiger charge is -2.18. The van der Waals surface area contributed by atoms with Crippen LogP contribution in [0.4, 0.5) is 10.5 Å². The summed E-state index contributed by atoms with van der Waals surface area (Å²) in [5.41, 5.74) is 0.285. The number of amides is 4. The Morgan fingerprint density at radius 1 is 1.36 bits per heavy atom. The molecular formula is C19H21Cl2N3O4. The van der Waals surface area contributed by atoms with Gasteiger partial charge in [-0.15, -0.1) is 23.2 Å². The van der Waals surface area contributed by atoms with E-state index in [0.717, 1.165) is 6.42 Å². The van der Waals surface area contributed by atoms with Gasteiger partial charge < -0.3 is 15.0 Å². The van der Waals surface area contributed by atoms with Crippen molar-refractivity contribution in [2.24, 2.45) is 5.41 Å². The van der Waals surface area contributed by atoms with Crippen LogP contribution in [0.1, 0.15) is 31.7 Å². The number of nitrogens with one attached hydrogen (secondary N) is 1. The number of alkyl halides is 2. The third-order valence-corrected chi connectivity index (χ3v) is 6.99. The van der Waals surface area contributed by atoms with Crippen LogP contribution in [0.15, 0.2) is 18.2 Å². The van der Waals surface area contributed by atoms with Crippen molar-refractivity contribution in [2.75, 3.05) is 19.0 Å². The summed E-state index contributed by atoms with van der Waals surface area (Å²) in [5.74, 6) is 0.00108. The van der Waals surface area contributed by atoms with Crippen LogP contribution in [-0.2, 0) is 16.1 Å². The zero-order chi connectivity index (χ0) is 20.3. The van der Waals surface area contributed by atoms with E-state index in [9.17, 15) is 14.4 Å². The monoisotopic (exact) mass is 425 g/mol. The number of fused-ring (bicyclic) bond motifs is 1. The van der Waals surface area contributed by atoms with Gasteiger partial charge in [-0.2, -0.15) is 0 Å². The fraction of sp³-hybridized carbons (Fsp3) is 0.526. The van der Waals surface area contributed by atoms with Gasteiger partial charge in [-0.1, -0.05) is 6.07 Å². The Morgan fingerprint density at radius 3 is 2.68 bits per heavy atom. The van der Waals surface area contributed by atoms with Gasteiger partial charge in [0.2, 0.25) is 5.91 Å². The first-order valence-electron chi connectivity index (χ1n) is 9.16. The van der Waals surface area contributed by atoms with Gasteiger partial charge in [0, 0.05) is 6.54 Å². The zero-order valence-corrected chi connectivity index (χ0v) is 17.1. The fourth-order valence-corrected chi connectivity index (χ4v) is 4.57. The molecule has 3 fully saturated rings. The maximum atomic E-state index is 12.6. The lowest BCUT2D eigenvalue weighted by molar-refractivity contribution is -0.128. The second-order valence-corrected chi connectivity index (χ2v) is 9.24. The molecule has 1 saturated carbocycles. The Kier molecular flexibility index (Phi) is 4.50. The van der Waals surface area contributed by atoms with Crippen molar-refractivity contribution in [1.82, 2.24) is 9.80 Å². The molecular weight excluding hydrogens is 405 g/mol. The summed E-state index contributed by atoms with van der Waals surface area (Å²) in [7, 11) is 1.50. The number of carbonyl (C=O) groups excluding carboxylic acids is 3. The lowest BCUT2D eigenvalue weighted by atomic mass is 10.1. The first-order chi connectivity index (χ1) is 13.2. The van der Waals surface area contributed by atoms with Gasteiger partial charge >= 0.3 is 6.03 Å². The van der Waals surface area contributed by atoms with E-state index in [0.29, 0.717) is 36.4 Å². The summed E-state index contributed by atoms with van der Waals surface area (Å²) in [6, 6.07) is 4.58. The van der Waals surface area contributed by atoms with Crippen LogP contribution < -0.4 is 10.1 Å².